The van der Waals surface area contributed by atoms with Gasteiger partial charge in [-0.15, -0.1) is 0 Å². The van der Waals surface area contributed by atoms with E-state index < -0.39 is 18.2 Å². The van der Waals surface area contributed by atoms with E-state index in [0.717, 1.165) is 0 Å². The molecule has 0 saturated heterocycles. The Bertz CT molecular complexity index is 177. The van der Waals surface area contributed by atoms with E-state index in [0.29, 0.717) is 0 Å². The molecule has 0 aliphatic heterocycles. The minimum Gasteiger partial charge on any atom is -0.447 e. The van der Waals surface area contributed by atoms with Gasteiger partial charge in [0.1, 0.15) is 12.7 Å². The van der Waals surface area contributed by atoms with E-state index in [1.165, 1.54) is 0 Å². The fraction of sp³-hybridized carbons (Fsp3) is 0.875. The molecule has 78 valence electrons. The van der Waals surface area contributed by atoms with Crippen LogP contribution in [-0.4, -0.2) is 30.0 Å². The highest BCUT2D eigenvalue weighted by Crippen LogP contribution is 2.19. The van der Waals surface area contributed by atoms with E-state index in [2.05, 4.69) is 4.74 Å². The molecule has 0 aliphatic carbocycles. The van der Waals surface area contributed by atoms with E-state index in [-0.39, 0.29) is 12.0 Å². The third kappa shape index (κ3) is 4.69. The van der Waals surface area contributed by atoms with Gasteiger partial charge in [0.15, 0.2) is 0 Å². The molecule has 0 radical (unpaired) electrons. The fourth-order valence-corrected chi connectivity index (χ4v) is 0.848. The molecule has 1 amide bonds. The molecular weight excluding hydrogens is 172 g/mol. The van der Waals surface area contributed by atoms with E-state index in [4.69, 9.17) is 11.5 Å². The second-order valence-corrected chi connectivity index (χ2v) is 4.09. The number of aliphatic hydroxyl groups excluding tert-OH is 1. The Morgan fingerprint density at radius 2 is 2.00 bits per heavy atom. The summed E-state index contributed by atoms with van der Waals surface area (Å²) in [5, 5.41) is 9.44. The van der Waals surface area contributed by atoms with Crippen LogP contribution in [0.5, 0.6) is 0 Å². The number of hydrogen-bond acceptors (Lipinski definition) is 4. The molecule has 5 N–H and O–H groups in total. The first-order valence-corrected chi connectivity index (χ1v) is 4.11. The van der Waals surface area contributed by atoms with Gasteiger partial charge in [-0.2, -0.15) is 0 Å². The second-order valence-electron chi connectivity index (χ2n) is 4.09. The topological polar surface area (TPSA) is 98.6 Å². The second kappa shape index (κ2) is 4.43. The molecule has 0 aromatic rings. The Morgan fingerprint density at radius 1 is 1.54 bits per heavy atom. The predicted octanol–water partition coefficient (Wildman–Crippen LogP) is -0.184. The summed E-state index contributed by atoms with van der Waals surface area (Å²) < 4.78 is 4.43. The number of carbonyl (C=O) groups is 1. The highest BCUT2D eigenvalue weighted by atomic mass is 16.6. The van der Waals surface area contributed by atoms with Crippen LogP contribution >= 0.6 is 0 Å². The first-order chi connectivity index (χ1) is 5.75. The summed E-state index contributed by atoms with van der Waals surface area (Å²) in [6.07, 6.45) is -1.78. The number of amides is 1. The first-order valence-electron chi connectivity index (χ1n) is 4.11. The monoisotopic (exact) mass is 190 g/mol. The lowest BCUT2D eigenvalue weighted by Crippen LogP contribution is -2.47. The van der Waals surface area contributed by atoms with Crippen molar-refractivity contribution in [1.29, 1.82) is 0 Å². The summed E-state index contributed by atoms with van der Waals surface area (Å²) in [6.45, 7) is 5.52. The average molecular weight is 190 g/mol. The van der Waals surface area contributed by atoms with Gasteiger partial charge in [0.2, 0.25) is 0 Å². The van der Waals surface area contributed by atoms with Crippen molar-refractivity contribution in [3.8, 4) is 0 Å². The van der Waals surface area contributed by atoms with Crippen LogP contribution in [-0.2, 0) is 4.74 Å². The number of rotatable bonds is 3. The molecule has 5 nitrogen and oxygen atoms in total. The van der Waals surface area contributed by atoms with Gasteiger partial charge in [0, 0.05) is 6.04 Å². The van der Waals surface area contributed by atoms with E-state index >= 15 is 0 Å². The number of aliphatic hydroxyl groups is 1. The molecule has 0 aromatic carbocycles. The van der Waals surface area contributed by atoms with Crippen molar-refractivity contribution >= 4 is 6.09 Å². The van der Waals surface area contributed by atoms with Crippen LogP contribution in [0.1, 0.15) is 20.8 Å². The van der Waals surface area contributed by atoms with Crippen molar-refractivity contribution in [3.05, 3.63) is 0 Å². The molecule has 0 saturated carbocycles. The quantitative estimate of drug-likeness (QED) is 0.574. The highest BCUT2D eigenvalue weighted by molar-refractivity contribution is 5.64. The number of hydrogen-bond donors (Lipinski definition) is 3. The highest BCUT2D eigenvalue weighted by Gasteiger charge is 2.28. The number of carbonyl (C=O) groups excluding carboxylic acids is 1. The molecule has 0 rings (SSSR count). The maximum Gasteiger partial charge on any atom is 0.404 e. The van der Waals surface area contributed by atoms with E-state index in [9.17, 15) is 9.90 Å². The third-order valence-electron chi connectivity index (χ3n) is 1.81. The zero-order chi connectivity index (χ0) is 10.6. The molecular formula is C8H18N2O3. The Balaban J connectivity index is 3.97. The van der Waals surface area contributed by atoms with Crippen molar-refractivity contribution < 1.29 is 14.6 Å². The molecule has 0 heterocycles. The Hall–Kier alpha value is -0.810. The Morgan fingerprint density at radius 3 is 2.31 bits per heavy atom. The zero-order valence-electron chi connectivity index (χ0n) is 8.28. The van der Waals surface area contributed by atoms with Gasteiger partial charge in [0.25, 0.3) is 0 Å². The first kappa shape index (κ1) is 12.2. The largest absolute Gasteiger partial charge is 0.447 e. The molecule has 0 bridgehead atoms. The fourth-order valence-electron chi connectivity index (χ4n) is 0.848. The van der Waals surface area contributed by atoms with Gasteiger partial charge < -0.3 is 21.3 Å². The Labute approximate surface area is 78.0 Å². The Kier molecular flexibility index (Phi) is 4.16. The van der Waals surface area contributed by atoms with E-state index in [1.807, 2.05) is 20.8 Å². The lowest BCUT2D eigenvalue weighted by molar-refractivity contribution is 0.0308. The summed E-state index contributed by atoms with van der Waals surface area (Å²) in [5.41, 5.74) is 10.2. The molecule has 13 heavy (non-hydrogen) atoms. The molecule has 1 unspecified atom stereocenters. The molecule has 0 aromatic heterocycles. The summed E-state index contributed by atoms with van der Waals surface area (Å²) in [7, 11) is 0. The van der Waals surface area contributed by atoms with Gasteiger partial charge in [-0.1, -0.05) is 20.8 Å². The van der Waals surface area contributed by atoms with Gasteiger partial charge in [0.05, 0.1) is 0 Å². The van der Waals surface area contributed by atoms with Crippen LogP contribution in [0.4, 0.5) is 4.79 Å². The smallest absolute Gasteiger partial charge is 0.404 e. The van der Waals surface area contributed by atoms with Gasteiger partial charge in [-0.05, 0) is 5.41 Å². The summed E-state index contributed by atoms with van der Waals surface area (Å²) >= 11 is 0. The van der Waals surface area contributed by atoms with Gasteiger partial charge in [-0.3, -0.25) is 0 Å². The SMILES string of the molecule is CC(C)(C)C(N)[C@H](O)COC(N)=O. The lowest BCUT2D eigenvalue weighted by Gasteiger charge is -2.30. The minimum atomic E-state index is -0.903. The molecule has 2 atom stereocenters. The van der Waals surface area contributed by atoms with Crippen molar-refractivity contribution in [2.45, 2.75) is 32.9 Å². The predicted molar refractivity (Wildman–Crippen MR) is 49.0 cm³/mol. The van der Waals surface area contributed by atoms with Crippen LogP contribution in [0.15, 0.2) is 0 Å². The van der Waals surface area contributed by atoms with Crippen LogP contribution < -0.4 is 11.5 Å². The molecule has 0 spiro atoms. The molecule has 0 fully saturated rings. The van der Waals surface area contributed by atoms with E-state index in [1.54, 1.807) is 0 Å². The normalized spacial score (nSPS) is 16.4. The summed E-state index contributed by atoms with van der Waals surface area (Å²) in [5.74, 6) is 0. The summed E-state index contributed by atoms with van der Waals surface area (Å²) in [4.78, 5) is 10.2. The maximum absolute atomic E-state index is 10.2. The minimum absolute atomic E-state index is 0.159. The third-order valence-corrected chi connectivity index (χ3v) is 1.81. The van der Waals surface area contributed by atoms with Crippen LogP contribution in [0.25, 0.3) is 0 Å². The maximum atomic E-state index is 10.2. The van der Waals surface area contributed by atoms with Crippen LogP contribution in [0.3, 0.4) is 0 Å². The standard InChI is InChI=1S/C8H18N2O3/c1-8(2,3)6(9)5(11)4-13-7(10)12/h5-6,11H,4,9H2,1-3H3,(H2,10,12)/t5-,6?/m1/s1. The number of ether oxygens (including phenoxy) is 1. The molecule has 0 aliphatic rings. The average Bonchev–Trinajstić information content (AvgIpc) is 1.96. The van der Waals surface area contributed by atoms with Crippen molar-refractivity contribution in [3.63, 3.8) is 0 Å². The van der Waals surface area contributed by atoms with Crippen molar-refractivity contribution in [2.75, 3.05) is 6.61 Å². The van der Waals surface area contributed by atoms with Crippen LogP contribution in [0, 0.1) is 5.41 Å². The zero-order valence-corrected chi connectivity index (χ0v) is 8.28. The van der Waals surface area contributed by atoms with Crippen LogP contribution in [0.2, 0.25) is 0 Å². The van der Waals surface area contributed by atoms with Gasteiger partial charge >= 0.3 is 6.09 Å². The van der Waals surface area contributed by atoms with Gasteiger partial charge in [-0.25, -0.2) is 4.79 Å². The summed E-state index contributed by atoms with van der Waals surface area (Å²) in [6, 6.07) is -0.452. The number of nitrogens with two attached hydrogens (primary N) is 2. The van der Waals surface area contributed by atoms with Crippen molar-refractivity contribution in [1.82, 2.24) is 0 Å². The molecule has 5 heteroatoms. The number of primary amides is 1. The lowest BCUT2D eigenvalue weighted by atomic mass is 9.84. The van der Waals surface area contributed by atoms with Crippen molar-refractivity contribution in [2.24, 2.45) is 16.9 Å².